The molecule has 102 valence electrons. The maximum Gasteiger partial charge on any atom is 0.261 e. The Morgan fingerprint density at radius 2 is 1.95 bits per heavy atom. The normalized spacial score (nSPS) is 10.9. The Morgan fingerprint density at radius 1 is 1.25 bits per heavy atom. The zero-order chi connectivity index (χ0) is 14.3. The topological polar surface area (TPSA) is 64.9 Å². The van der Waals surface area contributed by atoms with Gasteiger partial charge in [-0.1, -0.05) is 21.1 Å². The van der Waals surface area contributed by atoms with Crippen molar-refractivity contribution in [2.45, 2.75) is 13.8 Å². The first-order valence-corrected chi connectivity index (χ1v) is 7.67. The molecule has 4 nitrogen and oxygen atoms in total. The van der Waals surface area contributed by atoms with E-state index in [1.807, 2.05) is 37.4 Å². The number of aromatic nitrogens is 2. The number of aryl methyl sites for hydroxylation is 2. The average molecular weight is 350 g/mol. The molecule has 0 saturated carbocycles. The molecule has 0 atom stereocenters. The van der Waals surface area contributed by atoms with Crippen LogP contribution in [0.2, 0.25) is 0 Å². The number of halogens is 1. The van der Waals surface area contributed by atoms with Gasteiger partial charge in [0.1, 0.15) is 0 Å². The molecule has 6 heteroatoms. The number of hydrogen-bond donors (Lipinski definition) is 1. The first-order chi connectivity index (χ1) is 9.56. The lowest BCUT2D eigenvalue weighted by molar-refractivity contribution is 0.432. The Balaban J connectivity index is 2.05. The Labute approximate surface area is 128 Å². The molecule has 0 unspecified atom stereocenters. The summed E-state index contributed by atoms with van der Waals surface area (Å²) in [6, 6.07) is 5.95. The summed E-state index contributed by atoms with van der Waals surface area (Å²) in [6.45, 7) is 4.08. The minimum atomic E-state index is 0.456. The fourth-order valence-corrected chi connectivity index (χ4v) is 2.88. The van der Waals surface area contributed by atoms with Crippen LogP contribution < -0.4 is 5.73 Å². The molecule has 0 bridgehead atoms. The second-order valence-electron chi connectivity index (χ2n) is 4.55. The van der Waals surface area contributed by atoms with Crippen molar-refractivity contribution in [2.24, 2.45) is 0 Å². The summed E-state index contributed by atoms with van der Waals surface area (Å²) in [5, 5.41) is 6.63. The highest BCUT2D eigenvalue weighted by atomic mass is 79.9. The molecule has 0 fully saturated rings. The van der Waals surface area contributed by atoms with Crippen LogP contribution in [0, 0.1) is 13.8 Å². The van der Waals surface area contributed by atoms with Crippen molar-refractivity contribution in [2.75, 3.05) is 5.73 Å². The lowest BCUT2D eigenvalue weighted by atomic mass is 10.1. The zero-order valence-electron chi connectivity index (χ0n) is 11.0. The van der Waals surface area contributed by atoms with Crippen LogP contribution in [0.5, 0.6) is 0 Å². The summed E-state index contributed by atoms with van der Waals surface area (Å²) in [5.74, 6) is 1.03. The maximum absolute atomic E-state index is 5.87. The Kier molecular flexibility index (Phi) is 3.35. The molecule has 2 N–H and O–H groups in total. The largest absolute Gasteiger partial charge is 0.390 e. The number of rotatable bonds is 2. The van der Waals surface area contributed by atoms with E-state index in [0.717, 1.165) is 26.7 Å². The van der Waals surface area contributed by atoms with Gasteiger partial charge in [-0.25, -0.2) is 0 Å². The number of nitrogen functional groups attached to an aromatic ring is 1. The van der Waals surface area contributed by atoms with Crippen molar-refractivity contribution in [1.82, 2.24) is 10.1 Å². The van der Waals surface area contributed by atoms with Gasteiger partial charge >= 0.3 is 0 Å². The monoisotopic (exact) mass is 349 g/mol. The Morgan fingerprint density at radius 3 is 2.55 bits per heavy atom. The quantitative estimate of drug-likeness (QED) is 0.743. The highest BCUT2D eigenvalue weighted by Gasteiger charge is 2.15. The summed E-state index contributed by atoms with van der Waals surface area (Å²) in [7, 11) is 0. The van der Waals surface area contributed by atoms with E-state index in [0.29, 0.717) is 16.7 Å². The molecule has 0 spiro atoms. The van der Waals surface area contributed by atoms with Gasteiger partial charge in [-0.15, -0.1) is 11.3 Å². The molecule has 0 radical (unpaired) electrons. The van der Waals surface area contributed by atoms with E-state index in [2.05, 4.69) is 26.1 Å². The van der Waals surface area contributed by atoms with Crippen molar-refractivity contribution in [3.8, 4) is 22.8 Å². The van der Waals surface area contributed by atoms with E-state index < -0.39 is 0 Å². The fourth-order valence-electron chi connectivity index (χ4n) is 2.02. The van der Waals surface area contributed by atoms with Gasteiger partial charge in [0.2, 0.25) is 5.82 Å². The molecule has 2 aromatic heterocycles. The third kappa shape index (κ3) is 2.25. The molecule has 20 heavy (non-hydrogen) atoms. The summed E-state index contributed by atoms with van der Waals surface area (Å²) in [4.78, 5) is 4.43. The van der Waals surface area contributed by atoms with Gasteiger partial charge in [0.05, 0.1) is 10.6 Å². The third-order valence-corrected chi connectivity index (χ3v) is 5.04. The van der Waals surface area contributed by atoms with Crippen molar-refractivity contribution >= 4 is 32.3 Å². The predicted octanol–water partition coefficient (Wildman–Crippen LogP) is 4.43. The van der Waals surface area contributed by atoms with Gasteiger partial charge in [-0.05, 0) is 48.6 Å². The van der Waals surface area contributed by atoms with Crippen molar-refractivity contribution in [3.63, 3.8) is 0 Å². The zero-order valence-corrected chi connectivity index (χ0v) is 13.4. The molecule has 0 aliphatic carbocycles. The van der Waals surface area contributed by atoms with Crippen LogP contribution in [-0.4, -0.2) is 10.1 Å². The van der Waals surface area contributed by atoms with E-state index in [4.69, 9.17) is 10.3 Å². The number of nitrogens with two attached hydrogens (primary N) is 1. The Bertz CT molecular complexity index is 755. The molecule has 3 aromatic rings. The van der Waals surface area contributed by atoms with Crippen LogP contribution in [0.4, 0.5) is 5.00 Å². The predicted molar refractivity (Wildman–Crippen MR) is 84.6 cm³/mol. The molecular weight excluding hydrogens is 338 g/mol. The molecule has 3 rings (SSSR count). The van der Waals surface area contributed by atoms with E-state index in [-0.39, 0.29) is 0 Å². The van der Waals surface area contributed by atoms with Gasteiger partial charge in [0.15, 0.2) is 0 Å². The number of anilines is 1. The standard InChI is InChI=1S/C14H12BrN3OS/c1-7-5-9(6-8(2)11(7)15)13-17-14(19-18-13)10-3-4-20-12(10)16/h3-6H,16H2,1-2H3. The number of nitrogens with zero attached hydrogens (tertiary/aromatic N) is 2. The molecule has 0 aliphatic rings. The highest BCUT2D eigenvalue weighted by molar-refractivity contribution is 9.10. The summed E-state index contributed by atoms with van der Waals surface area (Å²) in [6.07, 6.45) is 0. The second-order valence-corrected chi connectivity index (χ2v) is 6.29. The van der Waals surface area contributed by atoms with Crippen molar-refractivity contribution < 1.29 is 4.52 Å². The fraction of sp³-hybridized carbons (Fsp3) is 0.143. The van der Waals surface area contributed by atoms with Crippen molar-refractivity contribution in [1.29, 1.82) is 0 Å². The average Bonchev–Trinajstić information content (AvgIpc) is 3.03. The minimum absolute atomic E-state index is 0.456. The highest BCUT2D eigenvalue weighted by Crippen LogP contribution is 2.32. The summed E-state index contributed by atoms with van der Waals surface area (Å²) < 4.78 is 6.41. The van der Waals surface area contributed by atoms with Gasteiger partial charge in [-0.3, -0.25) is 0 Å². The Hall–Kier alpha value is -1.66. The van der Waals surface area contributed by atoms with E-state index in [1.165, 1.54) is 11.3 Å². The van der Waals surface area contributed by atoms with E-state index in [1.54, 1.807) is 0 Å². The van der Waals surface area contributed by atoms with Crippen LogP contribution >= 0.6 is 27.3 Å². The van der Waals surface area contributed by atoms with Crippen molar-refractivity contribution in [3.05, 3.63) is 39.2 Å². The summed E-state index contributed by atoms with van der Waals surface area (Å²) >= 11 is 5.01. The van der Waals surface area contributed by atoms with Crippen LogP contribution in [0.25, 0.3) is 22.8 Å². The first kappa shape index (κ1) is 13.3. The van der Waals surface area contributed by atoms with Gasteiger partial charge in [0.25, 0.3) is 5.89 Å². The van der Waals surface area contributed by atoms with Crippen LogP contribution in [0.15, 0.2) is 32.6 Å². The van der Waals surface area contributed by atoms with Crippen LogP contribution in [0.3, 0.4) is 0 Å². The molecule has 2 heterocycles. The van der Waals surface area contributed by atoms with Crippen LogP contribution in [0.1, 0.15) is 11.1 Å². The van der Waals surface area contributed by atoms with E-state index >= 15 is 0 Å². The number of hydrogen-bond acceptors (Lipinski definition) is 5. The molecule has 0 amide bonds. The minimum Gasteiger partial charge on any atom is -0.390 e. The lowest BCUT2D eigenvalue weighted by Crippen LogP contribution is -1.88. The smallest absolute Gasteiger partial charge is 0.261 e. The van der Waals surface area contributed by atoms with Gasteiger partial charge in [0, 0.05) is 10.0 Å². The molecule has 0 aliphatic heterocycles. The molecule has 0 saturated heterocycles. The summed E-state index contributed by atoms with van der Waals surface area (Å²) in [5.41, 5.74) is 9.88. The third-order valence-electron chi connectivity index (χ3n) is 3.05. The van der Waals surface area contributed by atoms with Gasteiger partial charge in [-0.2, -0.15) is 4.98 Å². The molecular formula is C14H12BrN3OS. The number of thiophene rings is 1. The second kappa shape index (κ2) is 5.03. The van der Waals surface area contributed by atoms with Crippen LogP contribution in [-0.2, 0) is 0 Å². The van der Waals surface area contributed by atoms with Gasteiger partial charge < -0.3 is 10.3 Å². The first-order valence-electron chi connectivity index (χ1n) is 6.00. The number of benzene rings is 1. The SMILES string of the molecule is Cc1cc(-c2noc(-c3ccsc3N)n2)cc(C)c1Br. The van der Waals surface area contributed by atoms with E-state index in [9.17, 15) is 0 Å². The lowest BCUT2D eigenvalue weighted by Gasteiger charge is -2.04. The molecule has 1 aromatic carbocycles. The maximum atomic E-state index is 5.87.